The average molecular weight is 397 g/mol. The molecule has 4 aromatic rings. The molecule has 5 nitrogen and oxygen atoms in total. The molecule has 0 saturated carbocycles. The molecule has 0 fully saturated rings. The monoisotopic (exact) mass is 397 g/mol. The molecule has 0 atom stereocenters. The predicted molar refractivity (Wildman–Crippen MR) is 120 cm³/mol. The summed E-state index contributed by atoms with van der Waals surface area (Å²) in [4.78, 5) is 17.1. The number of aromatic nitrogens is 3. The number of aryl methyl sites for hydroxylation is 1. The number of hydrogen-bond acceptors (Lipinski definition) is 4. The van der Waals surface area contributed by atoms with Gasteiger partial charge in [0.1, 0.15) is 0 Å². The normalized spacial score (nSPS) is 11.3. The number of hydrogen-bond donors (Lipinski definition) is 0. The second-order valence-electron chi connectivity index (χ2n) is 6.76. The van der Waals surface area contributed by atoms with Gasteiger partial charge in [-0.1, -0.05) is 60.7 Å². The number of pyridine rings is 1. The lowest BCUT2D eigenvalue weighted by atomic mass is 9.93. The van der Waals surface area contributed by atoms with Crippen molar-refractivity contribution in [2.75, 3.05) is 6.61 Å². The Morgan fingerprint density at radius 3 is 2.30 bits per heavy atom. The minimum Gasteiger partial charge on any atom is -0.463 e. The highest BCUT2D eigenvalue weighted by molar-refractivity contribution is 6.02. The van der Waals surface area contributed by atoms with Crippen molar-refractivity contribution in [1.29, 1.82) is 0 Å². The SMILES string of the molecule is CCOC(=O)/C=C/c1c(-c2ccccc2)nc2c(cnn2CC)c1-c1ccccc1. The van der Waals surface area contributed by atoms with Crippen LogP contribution in [0, 0.1) is 0 Å². The van der Waals surface area contributed by atoms with Crippen LogP contribution in [0.5, 0.6) is 0 Å². The molecule has 0 radical (unpaired) electrons. The minimum atomic E-state index is -0.375. The van der Waals surface area contributed by atoms with Crippen LogP contribution in [-0.4, -0.2) is 27.3 Å². The fourth-order valence-electron chi connectivity index (χ4n) is 3.57. The van der Waals surface area contributed by atoms with E-state index in [9.17, 15) is 4.79 Å². The maximum Gasteiger partial charge on any atom is 0.330 e. The molecule has 0 bridgehead atoms. The number of carbonyl (C=O) groups is 1. The molecule has 2 heterocycles. The van der Waals surface area contributed by atoms with Crippen molar-refractivity contribution in [2.45, 2.75) is 20.4 Å². The van der Waals surface area contributed by atoms with Gasteiger partial charge in [0.2, 0.25) is 0 Å². The first-order valence-corrected chi connectivity index (χ1v) is 10.1. The average Bonchev–Trinajstić information content (AvgIpc) is 3.20. The van der Waals surface area contributed by atoms with E-state index in [0.717, 1.165) is 45.5 Å². The summed E-state index contributed by atoms with van der Waals surface area (Å²) in [7, 11) is 0. The predicted octanol–water partition coefficient (Wildman–Crippen LogP) is 5.36. The van der Waals surface area contributed by atoms with Crippen LogP contribution < -0.4 is 0 Å². The number of benzene rings is 2. The van der Waals surface area contributed by atoms with Crippen LogP contribution in [0.15, 0.2) is 72.9 Å². The Labute approximate surface area is 175 Å². The second kappa shape index (κ2) is 8.74. The van der Waals surface area contributed by atoms with Gasteiger partial charge in [-0.05, 0) is 25.5 Å². The first kappa shape index (κ1) is 19.6. The highest BCUT2D eigenvalue weighted by Crippen LogP contribution is 2.37. The molecule has 0 aliphatic heterocycles. The molecule has 0 N–H and O–H groups in total. The number of carbonyl (C=O) groups excluding carboxylic acids is 1. The smallest absolute Gasteiger partial charge is 0.330 e. The summed E-state index contributed by atoms with van der Waals surface area (Å²) in [5.41, 5.74) is 5.51. The fourth-order valence-corrected chi connectivity index (χ4v) is 3.57. The van der Waals surface area contributed by atoms with Crippen molar-refractivity contribution in [1.82, 2.24) is 14.8 Å². The molecule has 2 aromatic carbocycles. The lowest BCUT2D eigenvalue weighted by molar-refractivity contribution is -0.137. The van der Waals surface area contributed by atoms with Crippen LogP contribution in [0.25, 0.3) is 39.5 Å². The summed E-state index contributed by atoms with van der Waals surface area (Å²) in [6.45, 7) is 4.90. The van der Waals surface area contributed by atoms with E-state index in [-0.39, 0.29) is 5.97 Å². The molecule has 2 aromatic heterocycles. The molecule has 0 unspecified atom stereocenters. The van der Waals surface area contributed by atoms with Crippen molar-refractivity contribution < 1.29 is 9.53 Å². The van der Waals surface area contributed by atoms with Crippen molar-refractivity contribution in [2.24, 2.45) is 0 Å². The van der Waals surface area contributed by atoms with Gasteiger partial charge in [0, 0.05) is 34.7 Å². The summed E-state index contributed by atoms with van der Waals surface area (Å²) >= 11 is 0. The van der Waals surface area contributed by atoms with Gasteiger partial charge >= 0.3 is 5.97 Å². The van der Waals surface area contributed by atoms with E-state index in [1.807, 2.05) is 66.3 Å². The molecule has 30 heavy (non-hydrogen) atoms. The second-order valence-corrected chi connectivity index (χ2v) is 6.76. The van der Waals surface area contributed by atoms with E-state index in [1.54, 1.807) is 13.0 Å². The van der Waals surface area contributed by atoms with Crippen LogP contribution in [0.3, 0.4) is 0 Å². The largest absolute Gasteiger partial charge is 0.463 e. The molecule has 0 amide bonds. The van der Waals surface area contributed by atoms with Gasteiger partial charge in [0.05, 0.1) is 18.5 Å². The zero-order valence-corrected chi connectivity index (χ0v) is 17.1. The van der Waals surface area contributed by atoms with Gasteiger partial charge in [-0.15, -0.1) is 0 Å². The van der Waals surface area contributed by atoms with Gasteiger partial charge in [-0.3, -0.25) is 0 Å². The third-order valence-corrected chi connectivity index (χ3v) is 4.91. The van der Waals surface area contributed by atoms with Crippen LogP contribution in [0.4, 0.5) is 0 Å². The van der Waals surface area contributed by atoms with Crippen LogP contribution in [0.1, 0.15) is 19.4 Å². The number of ether oxygens (including phenoxy) is 1. The molecule has 0 spiro atoms. The molecule has 0 aliphatic carbocycles. The molecule has 150 valence electrons. The number of nitrogens with zero attached hydrogens (tertiary/aromatic N) is 3. The third-order valence-electron chi connectivity index (χ3n) is 4.91. The van der Waals surface area contributed by atoms with Crippen LogP contribution >= 0.6 is 0 Å². The highest BCUT2D eigenvalue weighted by atomic mass is 16.5. The van der Waals surface area contributed by atoms with Crippen LogP contribution in [-0.2, 0) is 16.1 Å². The molecule has 4 rings (SSSR count). The fraction of sp³-hybridized carbons (Fsp3) is 0.160. The van der Waals surface area contributed by atoms with Crippen molar-refractivity contribution in [3.05, 3.63) is 78.5 Å². The number of fused-ring (bicyclic) bond motifs is 1. The van der Waals surface area contributed by atoms with Crippen LogP contribution in [0.2, 0.25) is 0 Å². The molecule has 0 aliphatic rings. The lowest BCUT2D eigenvalue weighted by Gasteiger charge is -2.14. The maximum atomic E-state index is 12.1. The summed E-state index contributed by atoms with van der Waals surface area (Å²) < 4.78 is 7.00. The molecular formula is C25H23N3O2. The van der Waals surface area contributed by atoms with Gasteiger partial charge in [0.15, 0.2) is 5.65 Å². The van der Waals surface area contributed by atoms with E-state index in [2.05, 4.69) is 17.2 Å². The Bertz CT molecular complexity index is 1200. The highest BCUT2D eigenvalue weighted by Gasteiger charge is 2.19. The quantitative estimate of drug-likeness (QED) is 0.325. The topological polar surface area (TPSA) is 57.0 Å². The Kier molecular flexibility index (Phi) is 5.70. The first-order chi connectivity index (χ1) is 14.7. The minimum absolute atomic E-state index is 0.334. The van der Waals surface area contributed by atoms with E-state index < -0.39 is 0 Å². The van der Waals surface area contributed by atoms with Crippen molar-refractivity contribution >= 4 is 23.1 Å². The van der Waals surface area contributed by atoms with Gasteiger partial charge < -0.3 is 4.74 Å². The Morgan fingerprint density at radius 2 is 1.67 bits per heavy atom. The van der Waals surface area contributed by atoms with Crippen molar-refractivity contribution in [3.63, 3.8) is 0 Å². The molecular weight excluding hydrogens is 374 g/mol. The standard InChI is InChI=1S/C25H23N3O2/c1-3-28-25-21(17-26-28)23(18-11-7-5-8-12-18)20(15-16-22(29)30-4-2)24(27-25)19-13-9-6-10-14-19/h5-17H,3-4H2,1-2H3/b16-15+. The van der Waals surface area contributed by atoms with Gasteiger partial charge in [-0.25, -0.2) is 14.5 Å². The summed E-state index contributed by atoms with van der Waals surface area (Å²) in [5, 5.41) is 5.49. The Balaban J connectivity index is 2.07. The lowest BCUT2D eigenvalue weighted by Crippen LogP contribution is -2.02. The van der Waals surface area contributed by atoms with Gasteiger partial charge in [0.25, 0.3) is 0 Å². The zero-order chi connectivity index (χ0) is 20.9. The van der Waals surface area contributed by atoms with E-state index >= 15 is 0 Å². The van der Waals surface area contributed by atoms with Gasteiger partial charge in [-0.2, -0.15) is 5.10 Å². The summed E-state index contributed by atoms with van der Waals surface area (Å²) in [5.74, 6) is -0.375. The van der Waals surface area contributed by atoms with E-state index in [1.165, 1.54) is 6.08 Å². The maximum absolute atomic E-state index is 12.1. The summed E-state index contributed by atoms with van der Waals surface area (Å²) in [6.07, 6.45) is 5.12. The summed E-state index contributed by atoms with van der Waals surface area (Å²) in [6, 6.07) is 20.1. The molecule has 0 saturated heterocycles. The Hall–Kier alpha value is -3.73. The molecule has 5 heteroatoms. The van der Waals surface area contributed by atoms with E-state index in [0.29, 0.717) is 6.61 Å². The first-order valence-electron chi connectivity index (χ1n) is 10.1. The number of esters is 1. The third kappa shape index (κ3) is 3.74. The Morgan fingerprint density at radius 1 is 1.00 bits per heavy atom. The zero-order valence-electron chi connectivity index (χ0n) is 17.1. The van der Waals surface area contributed by atoms with Crippen molar-refractivity contribution in [3.8, 4) is 22.4 Å². The number of rotatable bonds is 6. The van der Waals surface area contributed by atoms with E-state index in [4.69, 9.17) is 9.72 Å².